The molecular formula is C21H26N2O5S. The second-order valence-electron chi connectivity index (χ2n) is 7.06. The molecule has 1 amide bonds. The molecule has 29 heavy (non-hydrogen) atoms. The average molecular weight is 419 g/mol. The Morgan fingerprint density at radius 1 is 1.17 bits per heavy atom. The minimum atomic E-state index is -3.65. The summed E-state index contributed by atoms with van der Waals surface area (Å²) >= 11 is 0. The fourth-order valence-electron chi connectivity index (χ4n) is 3.25. The lowest BCUT2D eigenvalue weighted by molar-refractivity contribution is -0.122. The number of benzene rings is 2. The lowest BCUT2D eigenvalue weighted by atomic mass is 10.1. The molecule has 0 aliphatic carbocycles. The summed E-state index contributed by atoms with van der Waals surface area (Å²) < 4.78 is 37.6. The second kappa shape index (κ2) is 8.73. The number of fused-ring (bicyclic) bond motifs is 1. The Morgan fingerprint density at radius 2 is 1.83 bits per heavy atom. The van der Waals surface area contributed by atoms with Crippen LogP contribution in [0.4, 0.5) is 5.69 Å². The summed E-state index contributed by atoms with van der Waals surface area (Å²) in [5.74, 6) is 0.924. The van der Waals surface area contributed by atoms with Crippen LogP contribution in [0.3, 0.4) is 0 Å². The van der Waals surface area contributed by atoms with Crippen LogP contribution in [0.1, 0.15) is 18.9 Å². The van der Waals surface area contributed by atoms with Crippen LogP contribution in [-0.4, -0.2) is 45.9 Å². The van der Waals surface area contributed by atoms with Crippen molar-refractivity contribution in [2.24, 2.45) is 0 Å². The van der Waals surface area contributed by atoms with Crippen LogP contribution in [-0.2, 0) is 14.8 Å². The highest BCUT2D eigenvalue weighted by Crippen LogP contribution is 2.30. The van der Waals surface area contributed by atoms with Gasteiger partial charge in [-0.25, -0.2) is 8.42 Å². The number of aryl methyl sites for hydroxylation is 1. The van der Waals surface area contributed by atoms with Gasteiger partial charge < -0.3 is 14.8 Å². The number of nitrogens with one attached hydrogen (secondary N) is 1. The zero-order valence-electron chi connectivity index (χ0n) is 16.8. The molecule has 1 aliphatic heterocycles. The lowest BCUT2D eigenvalue weighted by Crippen LogP contribution is -2.51. The fourth-order valence-corrected chi connectivity index (χ4v) is 4.46. The summed E-state index contributed by atoms with van der Waals surface area (Å²) in [6, 6.07) is 13.5. The highest BCUT2D eigenvalue weighted by molar-refractivity contribution is 7.92. The van der Waals surface area contributed by atoms with Crippen LogP contribution in [0.5, 0.6) is 11.5 Å². The molecule has 2 atom stereocenters. The molecule has 7 nitrogen and oxygen atoms in total. The maximum atomic E-state index is 12.9. The van der Waals surface area contributed by atoms with E-state index < -0.39 is 16.1 Å². The molecule has 0 fully saturated rings. The van der Waals surface area contributed by atoms with E-state index in [9.17, 15) is 13.2 Å². The van der Waals surface area contributed by atoms with E-state index >= 15 is 0 Å². The zero-order chi connectivity index (χ0) is 21.0. The SMILES string of the molecule is CC[C@H](C(=O)NC[C@@H]1COc2ccccc2O1)N(c1ccc(C)cc1)S(C)(=O)=O. The number of amides is 1. The number of sulfonamides is 1. The fraction of sp³-hybridized carbons (Fsp3) is 0.381. The Hall–Kier alpha value is -2.74. The first-order chi connectivity index (χ1) is 13.8. The third kappa shape index (κ3) is 5.00. The van der Waals surface area contributed by atoms with Crippen molar-refractivity contribution in [2.75, 3.05) is 23.7 Å². The van der Waals surface area contributed by atoms with Gasteiger partial charge in [-0.2, -0.15) is 0 Å². The van der Waals surface area contributed by atoms with Crippen molar-refractivity contribution < 1.29 is 22.7 Å². The number of hydrogen-bond donors (Lipinski definition) is 1. The lowest BCUT2D eigenvalue weighted by Gasteiger charge is -2.31. The zero-order valence-corrected chi connectivity index (χ0v) is 17.6. The highest BCUT2D eigenvalue weighted by atomic mass is 32.2. The molecule has 0 saturated heterocycles. The standard InChI is InChI=1S/C21H26N2O5S/c1-4-18(23(29(3,25)26)16-11-9-15(2)10-12-16)21(24)22-13-17-14-27-19-7-5-6-8-20(19)28-17/h5-12,17-18H,4,13-14H2,1-3H3,(H,22,24)/t17-,18-/m1/s1. The quantitative estimate of drug-likeness (QED) is 0.747. The number of carbonyl (C=O) groups is 1. The molecule has 8 heteroatoms. The van der Waals surface area contributed by atoms with Crippen LogP contribution in [0.2, 0.25) is 0 Å². The molecule has 0 unspecified atom stereocenters. The predicted molar refractivity (Wildman–Crippen MR) is 112 cm³/mol. The molecule has 0 spiro atoms. The van der Waals surface area contributed by atoms with Gasteiger partial charge in [-0.05, 0) is 37.6 Å². The number of anilines is 1. The Bertz CT molecular complexity index is 959. The Balaban J connectivity index is 1.71. The minimum Gasteiger partial charge on any atom is -0.486 e. The Kier molecular flexibility index (Phi) is 6.32. The third-order valence-electron chi connectivity index (χ3n) is 4.69. The highest BCUT2D eigenvalue weighted by Gasteiger charge is 2.32. The van der Waals surface area contributed by atoms with E-state index in [4.69, 9.17) is 9.47 Å². The predicted octanol–water partition coefficient (Wildman–Crippen LogP) is 2.50. The van der Waals surface area contributed by atoms with Crippen molar-refractivity contribution in [1.82, 2.24) is 5.32 Å². The number of nitrogens with zero attached hydrogens (tertiary/aromatic N) is 1. The third-order valence-corrected chi connectivity index (χ3v) is 5.87. The number of hydrogen-bond acceptors (Lipinski definition) is 5. The van der Waals surface area contributed by atoms with Gasteiger partial charge in [0.15, 0.2) is 11.5 Å². The number of carbonyl (C=O) groups excluding carboxylic acids is 1. The first-order valence-corrected chi connectivity index (χ1v) is 11.4. The van der Waals surface area contributed by atoms with E-state index in [2.05, 4.69) is 5.32 Å². The van der Waals surface area contributed by atoms with Gasteiger partial charge in [0.1, 0.15) is 18.8 Å². The van der Waals surface area contributed by atoms with Gasteiger partial charge in [0.2, 0.25) is 15.9 Å². The number of rotatable bonds is 7. The molecule has 1 heterocycles. The van der Waals surface area contributed by atoms with Crippen LogP contribution in [0, 0.1) is 6.92 Å². The molecule has 2 aromatic rings. The summed E-state index contributed by atoms with van der Waals surface area (Å²) in [6.07, 6.45) is 1.09. The van der Waals surface area contributed by atoms with E-state index in [0.717, 1.165) is 11.8 Å². The van der Waals surface area contributed by atoms with E-state index in [0.29, 0.717) is 30.2 Å². The van der Waals surface area contributed by atoms with E-state index in [-0.39, 0.29) is 18.6 Å². The first-order valence-electron chi connectivity index (χ1n) is 9.52. The van der Waals surface area contributed by atoms with Crippen molar-refractivity contribution in [3.63, 3.8) is 0 Å². The van der Waals surface area contributed by atoms with Crippen molar-refractivity contribution in [1.29, 1.82) is 0 Å². The molecule has 0 saturated carbocycles. The van der Waals surface area contributed by atoms with E-state index in [1.165, 1.54) is 4.31 Å². The van der Waals surface area contributed by atoms with Gasteiger partial charge in [0.05, 0.1) is 18.5 Å². The van der Waals surface area contributed by atoms with Gasteiger partial charge in [0, 0.05) is 0 Å². The van der Waals surface area contributed by atoms with Crippen LogP contribution < -0.4 is 19.1 Å². The van der Waals surface area contributed by atoms with Gasteiger partial charge in [-0.15, -0.1) is 0 Å². The van der Waals surface area contributed by atoms with Crippen molar-refractivity contribution in [3.05, 3.63) is 54.1 Å². The van der Waals surface area contributed by atoms with Gasteiger partial charge in [-0.3, -0.25) is 9.10 Å². The maximum absolute atomic E-state index is 12.9. The molecule has 156 valence electrons. The number of ether oxygens (including phenoxy) is 2. The molecule has 0 radical (unpaired) electrons. The van der Waals surface area contributed by atoms with Crippen LogP contribution in [0.25, 0.3) is 0 Å². The van der Waals surface area contributed by atoms with Crippen LogP contribution >= 0.6 is 0 Å². The normalized spacial score (nSPS) is 16.7. The van der Waals surface area contributed by atoms with E-state index in [1.807, 2.05) is 37.3 Å². The van der Waals surface area contributed by atoms with Gasteiger partial charge >= 0.3 is 0 Å². The van der Waals surface area contributed by atoms with Crippen molar-refractivity contribution >= 4 is 21.6 Å². The maximum Gasteiger partial charge on any atom is 0.244 e. The molecule has 0 bridgehead atoms. The van der Waals surface area contributed by atoms with Crippen molar-refractivity contribution in [2.45, 2.75) is 32.4 Å². The average Bonchev–Trinajstić information content (AvgIpc) is 2.70. The molecule has 0 aromatic heterocycles. The van der Waals surface area contributed by atoms with Crippen molar-refractivity contribution in [3.8, 4) is 11.5 Å². The molecule has 1 N–H and O–H groups in total. The largest absolute Gasteiger partial charge is 0.486 e. The first kappa shape index (κ1) is 21.0. The molecular weight excluding hydrogens is 392 g/mol. The molecule has 3 rings (SSSR count). The molecule has 2 aromatic carbocycles. The smallest absolute Gasteiger partial charge is 0.244 e. The second-order valence-corrected chi connectivity index (χ2v) is 8.92. The summed E-state index contributed by atoms with van der Waals surface area (Å²) in [7, 11) is -3.65. The van der Waals surface area contributed by atoms with E-state index in [1.54, 1.807) is 25.1 Å². The summed E-state index contributed by atoms with van der Waals surface area (Å²) in [4.78, 5) is 12.9. The Morgan fingerprint density at radius 3 is 2.45 bits per heavy atom. The topological polar surface area (TPSA) is 84.9 Å². The van der Waals surface area contributed by atoms with Gasteiger partial charge in [-0.1, -0.05) is 36.8 Å². The summed E-state index contributed by atoms with van der Waals surface area (Å²) in [6.45, 7) is 4.23. The molecule has 1 aliphatic rings. The Labute approximate surface area is 171 Å². The summed E-state index contributed by atoms with van der Waals surface area (Å²) in [5, 5.41) is 2.82. The van der Waals surface area contributed by atoms with Crippen LogP contribution in [0.15, 0.2) is 48.5 Å². The van der Waals surface area contributed by atoms with Gasteiger partial charge in [0.25, 0.3) is 0 Å². The summed E-state index contributed by atoms with van der Waals surface area (Å²) in [5.41, 5.74) is 1.47. The monoisotopic (exact) mass is 418 g/mol. The number of para-hydroxylation sites is 2. The minimum absolute atomic E-state index is 0.217.